The van der Waals surface area contributed by atoms with Gasteiger partial charge in [0.15, 0.2) is 0 Å². The fourth-order valence-electron chi connectivity index (χ4n) is 4.00. The maximum atomic E-state index is 2.24. The quantitative estimate of drug-likeness (QED) is 0.251. The fourth-order valence-corrected chi connectivity index (χ4v) is 4.00. The second-order valence-electron chi connectivity index (χ2n) is 7.86. The summed E-state index contributed by atoms with van der Waals surface area (Å²) in [6, 6.07) is 51.0. The Bertz CT molecular complexity index is 1270. The molecule has 0 bridgehead atoms. The molecule has 0 fully saturated rings. The molecule has 0 saturated heterocycles. The van der Waals surface area contributed by atoms with E-state index in [-0.39, 0.29) is 0 Å². The molecule has 0 heteroatoms. The van der Waals surface area contributed by atoms with Crippen LogP contribution in [0.15, 0.2) is 146 Å². The van der Waals surface area contributed by atoms with Crippen LogP contribution in [0.1, 0.15) is 0 Å². The zero-order valence-corrected chi connectivity index (χ0v) is 17.9. The Morgan fingerprint density at radius 3 is 0.781 bits per heavy atom. The molecule has 0 radical (unpaired) electrons. The third kappa shape index (κ3) is 4.45. The molecule has 0 aliphatic rings. The minimum atomic E-state index is 1.26. The van der Waals surface area contributed by atoms with Gasteiger partial charge < -0.3 is 0 Å². The van der Waals surface area contributed by atoms with Crippen LogP contribution in [-0.2, 0) is 0 Å². The Balaban J connectivity index is 0.000000139. The van der Waals surface area contributed by atoms with Gasteiger partial charge in [0.05, 0.1) is 0 Å². The van der Waals surface area contributed by atoms with Crippen molar-refractivity contribution >= 4 is 21.5 Å². The predicted octanol–water partition coefficient (Wildman–Crippen LogP) is 9.01. The molecule has 0 N–H and O–H groups in total. The van der Waals surface area contributed by atoms with Crippen LogP contribution in [0.3, 0.4) is 0 Å². The summed E-state index contributed by atoms with van der Waals surface area (Å²) in [5, 5.41) is 5.25. The molecule has 0 unspecified atom stereocenters. The first-order valence-electron chi connectivity index (χ1n) is 11.0. The molecule has 0 saturated carbocycles. The molecule has 0 aromatic heterocycles. The molecule has 0 spiro atoms. The largest absolute Gasteiger partial charge is 0.0622 e. The third-order valence-corrected chi connectivity index (χ3v) is 5.71. The Kier molecular flexibility index (Phi) is 5.76. The third-order valence-electron chi connectivity index (χ3n) is 5.71. The van der Waals surface area contributed by atoms with Crippen molar-refractivity contribution in [3.63, 3.8) is 0 Å². The van der Waals surface area contributed by atoms with Crippen molar-refractivity contribution in [2.24, 2.45) is 0 Å². The maximum Gasteiger partial charge on any atom is -0.0178 e. The van der Waals surface area contributed by atoms with Crippen molar-refractivity contribution in [1.82, 2.24) is 0 Å². The molecule has 0 nitrogen and oxygen atoms in total. The summed E-state index contributed by atoms with van der Waals surface area (Å²) in [4.78, 5) is 0. The van der Waals surface area contributed by atoms with Gasteiger partial charge in [-0.25, -0.2) is 0 Å². The molecule has 0 atom stereocenters. The van der Waals surface area contributed by atoms with Crippen LogP contribution in [0.25, 0.3) is 43.8 Å². The Morgan fingerprint density at radius 2 is 0.469 bits per heavy atom. The second kappa shape index (κ2) is 9.32. The topological polar surface area (TPSA) is 0 Å². The van der Waals surface area contributed by atoms with Crippen LogP contribution in [0.2, 0.25) is 0 Å². The molecule has 0 heterocycles. The van der Waals surface area contributed by atoms with Gasteiger partial charge in [-0.15, -0.1) is 0 Å². The molecular weight excluding hydrogens is 384 g/mol. The summed E-state index contributed by atoms with van der Waals surface area (Å²) in [7, 11) is 0. The summed E-state index contributed by atoms with van der Waals surface area (Å²) in [5.74, 6) is 0. The molecule has 6 rings (SSSR count). The van der Waals surface area contributed by atoms with E-state index >= 15 is 0 Å². The van der Waals surface area contributed by atoms with Crippen molar-refractivity contribution in [2.45, 2.75) is 0 Å². The highest BCUT2D eigenvalue weighted by molar-refractivity contribution is 5.98. The minimum Gasteiger partial charge on any atom is -0.0622 e. The number of fused-ring (bicyclic) bond motifs is 2. The number of rotatable bonds is 2. The van der Waals surface area contributed by atoms with Crippen LogP contribution in [0.5, 0.6) is 0 Å². The van der Waals surface area contributed by atoms with Crippen molar-refractivity contribution in [3.05, 3.63) is 146 Å². The second-order valence-corrected chi connectivity index (χ2v) is 7.86. The lowest BCUT2D eigenvalue weighted by Crippen LogP contribution is -1.79. The van der Waals surface area contributed by atoms with E-state index in [0.29, 0.717) is 0 Å². The molecular formula is C32H24. The van der Waals surface area contributed by atoms with Gasteiger partial charge in [0.25, 0.3) is 0 Å². The highest BCUT2D eigenvalue weighted by atomic mass is 14.0. The Labute approximate surface area is 189 Å². The SMILES string of the molecule is c1ccc(-c2ccc(-c3ccccc3)cc2)cc1.c1ccc2cc3ccccc3cc2c1. The van der Waals surface area contributed by atoms with Crippen molar-refractivity contribution in [2.75, 3.05) is 0 Å². The van der Waals surface area contributed by atoms with Gasteiger partial charge >= 0.3 is 0 Å². The van der Waals surface area contributed by atoms with Gasteiger partial charge in [0, 0.05) is 0 Å². The Hall–Kier alpha value is -4.16. The van der Waals surface area contributed by atoms with Crippen molar-refractivity contribution in [1.29, 1.82) is 0 Å². The van der Waals surface area contributed by atoms with E-state index in [1.165, 1.54) is 43.8 Å². The van der Waals surface area contributed by atoms with E-state index in [1.54, 1.807) is 0 Å². The van der Waals surface area contributed by atoms with E-state index in [0.717, 1.165) is 0 Å². The normalized spacial score (nSPS) is 10.5. The van der Waals surface area contributed by atoms with E-state index in [2.05, 4.69) is 133 Å². The highest BCUT2D eigenvalue weighted by Crippen LogP contribution is 2.24. The van der Waals surface area contributed by atoms with Gasteiger partial charge in [-0.2, -0.15) is 0 Å². The maximum absolute atomic E-state index is 2.24. The van der Waals surface area contributed by atoms with Crippen molar-refractivity contribution in [3.8, 4) is 22.3 Å². The summed E-state index contributed by atoms with van der Waals surface area (Å²) >= 11 is 0. The zero-order valence-electron chi connectivity index (χ0n) is 17.9. The average Bonchev–Trinajstić information content (AvgIpc) is 2.89. The lowest BCUT2D eigenvalue weighted by molar-refractivity contribution is 1.59. The smallest absolute Gasteiger partial charge is 0.0178 e. The molecule has 6 aromatic carbocycles. The number of hydrogen-bond acceptors (Lipinski definition) is 0. The van der Waals surface area contributed by atoms with Gasteiger partial charge in [-0.1, -0.05) is 133 Å². The first-order valence-corrected chi connectivity index (χ1v) is 11.0. The molecule has 152 valence electrons. The lowest BCUT2D eigenvalue weighted by atomic mass is 10.0. The van der Waals surface area contributed by atoms with Gasteiger partial charge in [-0.05, 0) is 55.9 Å². The zero-order chi connectivity index (χ0) is 21.6. The molecule has 0 amide bonds. The monoisotopic (exact) mass is 408 g/mol. The van der Waals surface area contributed by atoms with E-state index in [1.807, 2.05) is 12.1 Å². The van der Waals surface area contributed by atoms with Gasteiger partial charge in [0.1, 0.15) is 0 Å². The van der Waals surface area contributed by atoms with Crippen LogP contribution in [0.4, 0.5) is 0 Å². The predicted molar refractivity (Wildman–Crippen MR) is 139 cm³/mol. The summed E-state index contributed by atoms with van der Waals surface area (Å²) in [5.41, 5.74) is 5.04. The average molecular weight is 409 g/mol. The van der Waals surface area contributed by atoms with E-state index < -0.39 is 0 Å². The van der Waals surface area contributed by atoms with E-state index in [9.17, 15) is 0 Å². The highest BCUT2D eigenvalue weighted by Gasteiger charge is 1.99. The van der Waals surface area contributed by atoms with Crippen molar-refractivity contribution < 1.29 is 0 Å². The number of benzene rings is 6. The van der Waals surface area contributed by atoms with Crippen LogP contribution in [0, 0.1) is 0 Å². The molecule has 0 aliphatic carbocycles. The molecule has 32 heavy (non-hydrogen) atoms. The summed E-state index contributed by atoms with van der Waals surface area (Å²) < 4.78 is 0. The minimum absolute atomic E-state index is 1.26. The fraction of sp³-hybridized carbons (Fsp3) is 0. The van der Waals surface area contributed by atoms with Gasteiger partial charge in [0.2, 0.25) is 0 Å². The Morgan fingerprint density at radius 1 is 0.219 bits per heavy atom. The first kappa shape index (κ1) is 19.8. The van der Waals surface area contributed by atoms with E-state index in [4.69, 9.17) is 0 Å². The van der Waals surface area contributed by atoms with Crippen LogP contribution < -0.4 is 0 Å². The number of hydrogen-bond donors (Lipinski definition) is 0. The van der Waals surface area contributed by atoms with Crippen LogP contribution >= 0.6 is 0 Å². The summed E-state index contributed by atoms with van der Waals surface area (Å²) in [6.45, 7) is 0. The standard InChI is InChI=1S/C18H14.C14H10/c1-3-7-15(8-4-1)17-11-13-18(14-12-17)16-9-5-2-6-10-16;1-2-6-12-10-14-8-4-3-7-13(14)9-11(12)5-1/h1-14H;1-10H. The lowest BCUT2D eigenvalue weighted by Gasteiger charge is -2.04. The summed E-state index contributed by atoms with van der Waals surface area (Å²) in [6.07, 6.45) is 0. The van der Waals surface area contributed by atoms with Crippen LogP contribution in [-0.4, -0.2) is 0 Å². The van der Waals surface area contributed by atoms with Gasteiger partial charge in [-0.3, -0.25) is 0 Å². The molecule has 0 aliphatic heterocycles. The molecule has 6 aromatic rings. The first-order chi connectivity index (χ1) is 15.9.